The van der Waals surface area contributed by atoms with Gasteiger partial charge in [-0.15, -0.1) is 0 Å². The lowest BCUT2D eigenvalue weighted by molar-refractivity contribution is -0.140. The molecule has 1 saturated carbocycles. The van der Waals surface area contributed by atoms with Crippen LogP contribution in [0.25, 0.3) is 0 Å². The Kier molecular flexibility index (Phi) is 5.95. The summed E-state index contributed by atoms with van der Waals surface area (Å²) in [4.78, 5) is 11.2. The monoisotopic (exact) mass is 296 g/mol. The first-order chi connectivity index (χ1) is 9.69. The first-order valence-electron chi connectivity index (χ1n) is 7.41. The molecule has 2 rings (SSSR count). The number of aromatic nitrogens is 2. The van der Waals surface area contributed by atoms with E-state index in [4.69, 9.17) is 0 Å². The number of carbonyl (C=O) groups is 1. The molecule has 1 aromatic heterocycles. The summed E-state index contributed by atoms with van der Waals surface area (Å²) < 4.78 is 6.82. The van der Waals surface area contributed by atoms with E-state index in [9.17, 15) is 4.79 Å². The van der Waals surface area contributed by atoms with Crippen LogP contribution in [-0.2, 0) is 15.3 Å². The lowest BCUT2D eigenvalue weighted by atomic mass is 9.96. The Hall–Kier alpha value is -0.970. The van der Waals surface area contributed by atoms with Crippen molar-refractivity contribution in [2.45, 2.75) is 62.5 Å². The first kappa shape index (κ1) is 15.4. The van der Waals surface area contributed by atoms with Gasteiger partial charge in [0.1, 0.15) is 0 Å². The van der Waals surface area contributed by atoms with Crippen molar-refractivity contribution in [1.82, 2.24) is 9.78 Å². The van der Waals surface area contributed by atoms with E-state index >= 15 is 0 Å². The van der Waals surface area contributed by atoms with Crippen LogP contribution in [0.3, 0.4) is 0 Å². The second kappa shape index (κ2) is 7.72. The highest BCUT2D eigenvalue weighted by atomic mass is 32.2. The molecule has 0 radical (unpaired) electrons. The SMILES string of the molecule is COC(=O)CC(C)SCc1ccn(C2CCCCC2)n1. The van der Waals surface area contributed by atoms with Gasteiger partial charge in [0.2, 0.25) is 0 Å². The topological polar surface area (TPSA) is 44.1 Å². The zero-order valence-electron chi connectivity index (χ0n) is 12.4. The highest BCUT2D eigenvalue weighted by Crippen LogP contribution is 2.28. The Labute approximate surface area is 125 Å². The van der Waals surface area contributed by atoms with Gasteiger partial charge in [-0.1, -0.05) is 26.2 Å². The van der Waals surface area contributed by atoms with Gasteiger partial charge in [-0.3, -0.25) is 9.48 Å². The highest BCUT2D eigenvalue weighted by molar-refractivity contribution is 7.99. The van der Waals surface area contributed by atoms with Crippen LogP contribution in [0.4, 0.5) is 0 Å². The van der Waals surface area contributed by atoms with Crippen LogP contribution in [-0.4, -0.2) is 28.1 Å². The minimum atomic E-state index is -0.141. The molecule has 1 atom stereocenters. The van der Waals surface area contributed by atoms with E-state index in [1.807, 2.05) is 0 Å². The molecule has 0 saturated heterocycles. The molecule has 1 fully saturated rings. The molecule has 20 heavy (non-hydrogen) atoms. The summed E-state index contributed by atoms with van der Waals surface area (Å²) in [7, 11) is 1.44. The molecule has 5 heteroatoms. The standard InChI is InChI=1S/C15H24N2O2S/c1-12(10-15(18)19-2)20-11-13-8-9-17(16-13)14-6-4-3-5-7-14/h8-9,12,14H,3-7,10-11H2,1-2H3. The lowest BCUT2D eigenvalue weighted by Gasteiger charge is -2.21. The van der Waals surface area contributed by atoms with Crippen LogP contribution in [0.2, 0.25) is 0 Å². The molecule has 0 bridgehead atoms. The van der Waals surface area contributed by atoms with Gasteiger partial charge < -0.3 is 4.74 Å². The second-order valence-electron chi connectivity index (χ2n) is 5.48. The molecule has 0 amide bonds. The fourth-order valence-corrected chi connectivity index (χ4v) is 3.47. The third-order valence-electron chi connectivity index (χ3n) is 3.81. The summed E-state index contributed by atoms with van der Waals surface area (Å²) in [5, 5.41) is 4.95. The second-order valence-corrected chi connectivity index (χ2v) is 6.91. The Morgan fingerprint density at radius 3 is 2.95 bits per heavy atom. The number of hydrogen-bond donors (Lipinski definition) is 0. The number of carbonyl (C=O) groups excluding carboxylic acids is 1. The number of nitrogens with zero attached hydrogens (tertiary/aromatic N) is 2. The van der Waals surface area contributed by atoms with E-state index in [1.165, 1.54) is 39.2 Å². The zero-order chi connectivity index (χ0) is 14.4. The summed E-state index contributed by atoms with van der Waals surface area (Å²) in [6.07, 6.45) is 9.10. The van der Waals surface area contributed by atoms with Gasteiger partial charge in [-0.2, -0.15) is 16.9 Å². The van der Waals surface area contributed by atoms with Gasteiger partial charge in [0, 0.05) is 17.2 Å². The van der Waals surface area contributed by atoms with Crippen molar-refractivity contribution < 1.29 is 9.53 Å². The quantitative estimate of drug-likeness (QED) is 0.753. The number of thioether (sulfide) groups is 1. The molecular formula is C15H24N2O2S. The summed E-state index contributed by atoms with van der Waals surface area (Å²) in [6, 6.07) is 2.70. The molecule has 112 valence electrons. The first-order valence-corrected chi connectivity index (χ1v) is 8.46. The molecule has 1 heterocycles. The Morgan fingerprint density at radius 2 is 2.25 bits per heavy atom. The van der Waals surface area contributed by atoms with Gasteiger partial charge in [0.05, 0.1) is 25.3 Å². The predicted octanol–water partition coefficient (Wildman–Crippen LogP) is 3.57. The summed E-state index contributed by atoms with van der Waals surface area (Å²) in [5.41, 5.74) is 1.11. The third kappa shape index (κ3) is 4.54. The highest BCUT2D eigenvalue weighted by Gasteiger charge is 2.16. The van der Waals surface area contributed by atoms with E-state index in [-0.39, 0.29) is 11.2 Å². The van der Waals surface area contributed by atoms with Crippen molar-refractivity contribution in [3.05, 3.63) is 18.0 Å². The number of rotatable bonds is 6. The van der Waals surface area contributed by atoms with Crippen LogP contribution < -0.4 is 0 Å². The van der Waals surface area contributed by atoms with E-state index in [2.05, 4.69) is 33.7 Å². The molecule has 4 nitrogen and oxygen atoms in total. The maximum Gasteiger partial charge on any atom is 0.306 e. The minimum Gasteiger partial charge on any atom is -0.469 e. The van der Waals surface area contributed by atoms with Crippen LogP contribution in [0.5, 0.6) is 0 Å². The number of methoxy groups -OCH3 is 1. The third-order valence-corrected chi connectivity index (χ3v) is 5.01. The maximum absolute atomic E-state index is 11.2. The number of hydrogen-bond acceptors (Lipinski definition) is 4. The fraction of sp³-hybridized carbons (Fsp3) is 0.733. The number of ether oxygens (including phenoxy) is 1. The van der Waals surface area contributed by atoms with Crippen molar-refractivity contribution in [2.24, 2.45) is 0 Å². The molecule has 1 aliphatic rings. The van der Waals surface area contributed by atoms with Crippen LogP contribution in [0.15, 0.2) is 12.3 Å². The van der Waals surface area contributed by atoms with E-state index in [0.717, 1.165) is 11.4 Å². The van der Waals surface area contributed by atoms with Crippen molar-refractivity contribution in [2.75, 3.05) is 7.11 Å². The van der Waals surface area contributed by atoms with Crippen molar-refractivity contribution in [3.8, 4) is 0 Å². The molecule has 0 aliphatic heterocycles. The molecule has 1 unspecified atom stereocenters. The van der Waals surface area contributed by atoms with Crippen LogP contribution in [0, 0.1) is 0 Å². The molecule has 0 N–H and O–H groups in total. The van der Waals surface area contributed by atoms with Gasteiger partial charge in [0.15, 0.2) is 0 Å². The van der Waals surface area contributed by atoms with E-state index in [0.29, 0.717) is 12.5 Å². The van der Waals surface area contributed by atoms with Gasteiger partial charge in [-0.05, 0) is 18.9 Å². The Balaban J connectivity index is 1.79. The number of esters is 1. The van der Waals surface area contributed by atoms with Crippen molar-refractivity contribution in [3.63, 3.8) is 0 Å². The molecule has 1 aliphatic carbocycles. The zero-order valence-corrected chi connectivity index (χ0v) is 13.2. The largest absolute Gasteiger partial charge is 0.469 e. The van der Waals surface area contributed by atoms with Gasteiger partial charge >= 0.3 is 5.97 Å². The molecule has 0 aromatic carbocycles. The van der Waals surface area contributed by atoms with Crippen molar-refractivity contribution in [1.29, 1.82) is 0 Å². The average Bonchev–Trinajstić information content (AvgIpc) is 2.95. The summed E-state index contributed by atoms with van der Waals surface area (Å²) in [5.74, 6) is 0.718. The molecule has 1 aromatic rings. The van der Waals surface area contributed by atoms with Crippen LogP contribution in [0.1, 0.15) is 57.2 Å². The maximum atomic E-state index is 11.2. The van der Waals surface area contributed by atoms with Gasteiger partial charge in [0.25, 0.3) is 0 Å². The predicted molar refractivity (Wildman–Crippen MR) is 81.7 cm³/mol. The van der Waals surface area contributed by atoms with Gasteiger partial charge in [-0.25, -0.2) is 0 Å². The fourth-order valence-electron chi connectivity index (χ4n) is 2.61. The molecule has 0 spiro atoms. The van der Waals surface area contributed by atoms with Crippen molar-refractivity contribution >= 4 is 17.7 Å². The van der Waals surface area contributed by atoms with E-state index < -0.39 is 0 Å². The Bertz CT molecular complexity index is 427. The van der Waals surface area contributed by atoms with E-state index in [1.54, 1.807) is 11.8 Å². The normalized spacial score (nSPS) is 17.9. The summed E-state index contributed by atoms with van der Waals surface area (Å²) in [6.45, 7) is 2.06. The average molecular weight is 296 g/mol. The lowest BCUT2D eigenvalue weighted by Crippen LogP contribution is -2.13. The Morgan fingerprint density at radius 1 is 1.50 bits per heavy atom. The minimum absolute atomic E-state index is 0.141. The van der Waals surface area contributed by atoms with Crippen LogP contribution >= 0.6 is 11.8 Å². The molecular weight excluding hydrogens is 272 g/mol. The summed E-state index contributed by atoms with van der Waals surface area (Å²) >= 11 is 1.76. The smallest absolute Gasteiger partial charge is 0.306 e.